The largest absolute Gasteiger partial charge is 1.00 e. The van der Waals surface area contributed by atoms with Crippen LogP contribution in [-0.4, -0.2) is 123 Å². The van der Waals surface area contributed by atoms with Crippen molar-refractivity contribution in [3.05, 3.63) is 101 Å². The quantitative estimate of drug-likeness (QED) is 0.139. The van der Waals surface area contributed by atoms with E-state index in [4.69, 9.17) is 9.47 Å². The molecule has 0 radical (unpaired) electrons. The maximum atomic E-state index is 13.3. The molecule has 0 aliphatic carbocycles. The van der Waals surface area contributed by atoms with E-state index in [0.717, 1.165) is 33.4 Å². The normalized spacial score (nSPS) is 15.0. The van der Waals surface area contributed by atoms with Gasteiger partial charge in [-0.2, -0.15) is 10.2 Å². The topological polar surface area (TPSA) is 197 Å². The summed E-state index contributed by atoms with van der Waals surface area (Å²) < 4.78 is 58.9. The van der Waals surface area contributed by atoms with Crippen LogP contribution in [0.5, 0.6) is 0 Å². The molecule has 1 unspecified atom stereocenters. The van der Waals surface area contributed by atoms with Gasteiger partial charge in [0.1, 0.15) is 14.9 Å². The number of anilines is 2. The predicted octanol–water partition coefficient (Wildman–Crippen LogP) is 4.61. The molecule has 0 spiro atoms. The third kappa shape index (κ3) is 13.0. The van der Waals surface area contributed by atoms with Gasteiger partial charge in [0.05, 0.1) is 26.7 Å². The van der Waals surface area contributed by atoms with Crippen LogP contribution >= 0.6 is 22.6 Å². The summed E-state index contributed by atoms with van der Waals surface area (Å²) in [5.74, 6) is 0. The molecule has 4 aromatic carbocycles. The fourth-order valence-electron chi connectivity index (χ4n) is 6.92. The summed E-state index contributed by atoms with van der Waals surface area (Å²) >= 11 is 0.196. The van der Waals surface area contributed by atoms with Crippen LogP contribution in [0.15, 0.2) is 112 Å². The van der Waals surface area contributed by atoms with Crippen LogP contribution in [-0.2, 0) is 30.4 Å². The summed E-state index contributed by atoms with van der Waals surface area (Å²) in [5.41, 5.74) is 2.52. The third-order valence-electron chi connectivity index (χ3n) is 9.84. The fourth-order valence-corrected chi connectivity index (χ4v) is 9.36. The van der Waals surface area contributed by atoms with Gasteiger partial charge < -0.3 is 33.6 Å². The van der Waals surface area contributed by atoms with E-state index in [1.54, 1.807) is 76.5 Å². The number of nitrogens with zero attached hydrogens (tertiary/aromatic N) is 6. The second-order valence-corrected chi connectivity index (χ2v) is 20.6. The summed E-state index contributed by atoms with van der Waals surface area (Å²) in [5, 5.41) is 16.1. The van der Waals surface area contributed by atoms with Crippen molar-refractivity contribution in [2.24, 2.45) is 0 Å². The van der Waals surface area contributed by atoms with E-state index >= 15 is 0 Å². The van der Waals surface area contributed by atoms with Gasteiger partial charge in [-0.25, -0.2) is 18.0 Å². The number of hydrogen-bond acceptors (Lipinski definition) is 12. The molecule has 16 nitrogen and oxygen atoms in total. The molecule has 1 atom stereocenters. The van der Waals surface area contributed by atoms with Crippen molar-refractivity contribution in [2.45, 2.75) is 67.6 Å². The van der Waals surface area contributed by atoms with E-state index in [1.165, 1.54) is 5.69 Å². The number of hydrogen-bond donors (Lipinski definition) is 2. The van der Waals surface area contributed by atoms with Crippen LogP contribution in [0.25, 0.3) is 21.8 Å². The first kappa shape index (κ1) is 50.7. The first-order valence-electron chi connectivity index (χ1n) is 20.3. The Morgan fingerprint density at radius 1 is 0.641 bits per heavy atom. The Hall–Kier alpha value is -4.25. The zero-order valence-electron chi connectivity index (χ0n) is 37.0. The number of benzene rings is 4. The molecular weight excluding hydrogens is 983 g/mol. The van der Waals surface area contributed by atoms with E-state index < -0.39 is 32.1 Å². The molecule has 2 fully saturated rings. The van der Waals surface area contributed by atoms with Crippen LogP contribution in [0, 0.1) is 3.70 Å². The van der Waals surface area contributed by atoms with Gasteiger partial charge in [0.15, 0.2) is 5.03 Å². The van der Waals surface area contributed by atoms with Crippen molar-refractivity contribution in [3.8, 4) is 0 Å². The van der Waals surface area contributed by atoms with Crippen molar-refractivity contribution in [1.82, 2.24) is 30.2 Å². The second-order valence-electron chi connectivity index (χ2n) is 16.7. The molecule has 64 heavy (non-hydrogen) atoms. The summed E-state index contributed by atoms with van der Waals surface area (Å²) in [7, 11) is -3.76. The summed E-state index contributed by atoms with van der Waals surface area (Å²) in [6.45, 7) is 16.2. The molecule has 4 heterocycles. The number of nitrogens with one attached hydrogen (secondary N) is 2. The van der Waals surface area contributed by atoms with Crippen molar-refractivity contribution >= 4 is 88.9 Å². The summed E-state index contributed by atoms with van der Waals surface area (Å²) in [6, 6.07) is 28.2. The standard InChI is InChI=1S/C22H26N4O4S.C16H21IN4O2.C6H6O2S.Na/c1-22(2,3)30-21(27)26-14-12-25(13-15-26)18-11-7-10-17-19(18)20(24-23-17)31(28,29)16-8-5-4-6-9-16;1-16(2,3)23-15(22)21-9-7-20(8-10-21)12-6-4-5-11-13(12)14(17)19-18-11;7-9(8)6-4-2-1-3-5-6;/h4-11H,12-15H2,1-3H3,(H,23,24);4-6H,7-10H2,1-3H3,(H,18,19);1-5H,(H,7,8);/q;;;+1/p-1. The Morgan fingerprint density at radius 3 is 1.50 bits per heavy atom. The van der Waals surface area contributed by atoms with Crippen molar-refractivity contribution in [1.29, 1.82) is 0 Å². The second kappa shape index (κ2) is 21.8. The number of aromatic nitrogens is 4. The van der Waals surface area contributed by atoms with Crippen molar-refractivity contribution in [2.75, 3.05) is 62.2 Å². The smallest absolute Gasteiger partial charge is 0.768 e. The minimum Gasteiger partial charge on any atom is -0.768 e. The maximum absolute atomic E-state index is 13.3. The number of H-pyrrole nitrogens is 2. The first-order chi connectivity index (χ1) is 29.8. The number of halogens is 1. The minimum absolute atomic E-state index is 0. The molecule has 2 aromatic heterocycles. The number of amides is 2. The average molecular weight is 1030 g/mol. The van der Waals surface area contributed by atoms with Gasteiger partial charge in [-0.15, -0.1) is 0 Å². The molecule has 0 saturated carbocycles. The molecule has 6 aromatic rings. The summed E-state index contributed by atoms with van der Waals surface area (Å²) in [4.78, 5) is 32.9. The number of piperazine rings is 2. The van der Waals surface area contributed by atoms with Crippen molar-refractivity contribution in [3.63, 3.8) is 0 Å². The molecule has 0 bridgehead atoms. The number of sulfone groups is 1. The number of rotatable bonds is 5. The predicted molar refractivity (Wildman–Crippen MR) is 250 cm³/mol. The van der Waals surface area contributed by atoms with E-state index in [-0.39, 0.29) is 51.7 Å². The monoisotopic (exact) mass is 1030 g/mol. The van der Waals surface area contributed by atoms with E-state index in [0.29, 0.717) is 55.1 Å². The van der Waals surface area contributed by atoms with Crippen LogP contribution in [0.2, 0.25) is 0 Å². The number of carbonyl (C=O) groups excluding carboxylic acids is 2. The Balaban J connectivity index is 0.000000204. The molecule has 336 valence electrons. The van der Waals surface area contributed by atoms with Gasteiger partial charge in [0.25, 0.3) is 0 Å². The SMILES string of the molecule is CC(C)(C)OC(=O)N1CCN(c2cccc3n[nH]c(I)c23)CC1.CC(C)(C)OC(=O)N1CCN(c2cccc3n[nH]c(S(=O)(=O)c4ccccc4)c23)CC1.O=S([O-])c1ccccc1.[Na+]. The maximum Gasteiger partial charge on any atom is 1.00 e. The number of aromatic amines is 2. The van der Waals surface area contributed by atoms with Gasteiger partial charge in [-0.05, 0) is 124 Å². The molecule has 2 aliphatic rings. The van der Waals surface area contributed by atoms with Crippen LogP contribution in [0.1, 0.15) is 41.5 Å². The molecule has 2 aliphatic heterocycles. The Bertz CT molecular complexity index is 2640. The number of ether oxygens (including phenoxy) is 2. The Morgan fingerprint density at radius 2 is 1.06 bits per heavy atom. The number of carbonyl (C=O) groups is 2. The molecule has 2 saturated heterocycles. The minimum atomic E-state index is -3.76. The number of fused-ring (bicyclic) bond motifs is 2. The average Bonchev–Trinajstić information content (AvgIpc) is 3.88. The zero-order chi connectivity index (χ0) is 45.5. The van der Waals surface area contributed by atoms with Gasteiger partial charge in [-0.1, -0.05) is 48.5 Å². The van der Waals surface area contributed by atoms with Crippen LogP contribution < -0.4 is 39.4 Å². The molecule has 2 N–H and O–H groups in total. The molecule has 20 heteroatoms. The van der Waals surface area contributed by atoms with E-state index in [9.17, 15) is 26.8 Å². The Kier molecular flexibility index (Phi) is 17.3. The van der Waals surface area contributed by atoms with E-state index in [2.05, 4.69) is 58.9 Å². The molecular formula is C44H52IN8NaO8S2. The van der Waals surface area contributed by atoms with Gasteiger partial charge >= 0.3 is 41.7 Å². The third-order valence-corrected chi connectivity index (χ3v) is 13.0. The Labute approximate surface area is 412 Å². The zero-order valence-corrected chi connectivity index (χ0v) is 42.8. The molecule has 8 rings (SSSR count). The van der Waals surface area contributed by atoms with Gasteiger partial charge in [0.2, 0.25) is 9.84 Å². The summed E-state index contributed by atoms with van der Waals surface area (Å²) in [6.07, 6.45) is -0.561. The molecule has 2 amide bonds. The van der Waals surface area contributed by atoms with Gasteiger partial charge in [-0.3, -0.25) is 14.4 Å². The van der Waals surface area contributed by atoms with Crippen LogP contribution in [0.3, 0.4) is 0 Å². The van der Waals surface area contributed by atoms with Crippen LogP contribution in [0.4, 0.5) is 21.0 Å². The van der Waals surface area contributed by atoms with Crippen molar-refractivity contribution < 1.29 is 65.8 Å². The van der Waals surface area contributed by atoms with Gasteiger partial charge in [0, 0.05) is 68.6 Å². The first-order valence-corrected chi connectivity index (χ1v) is 24.0. The van der Waals surface area contributed by atoms with E-state index in [1.807, 2.05) is 65.8 Å². The fraction of sp³-hybridized carbons (Fsp3) is 0.364.